The summed E-state index contributed by atoms with van der Waals surface area (Å²) in [6, 6.07) is 7.36. The summed E-state index contributed by atoms with van der Waals surface area (Å²) in [7, 11) is 0. The summed E-state index contributed by atoms with van der Waals surface area (Å²) in [5, 5.41) is 0. The topological polar surface area (TPSA) is 78.6 Å². The van der Waals surface area contributed by atoms with E-state index in [0.29, 0.717) is 36.4 Å². The van der Waals surface area contributed by atoms with Crippen molar-refractivity contribution in [1.29, 1.82) is 0 Å². The van der Waals surface area contributed by atoms with E-state index in [9.17, 15) is 13.6 Å². The molecule has 0 bridgehead atoms. The number of hydrogen-bond donors (Lipinski definition) is 0. The van der Waals surface area contributed by atoms with E-state index in [1.54, 1.807) is 6.20 Å². The highest BCUT2D eigenvalue weighted by atomic mass is 19.1. The van der Waals surface area contributed by atoms with Crippen LogP contribution in [0.25, 0.3) is 16.9 Å². The first-order valence-electron chi connectivity index (χ1n) is 11.9. The lowest BCUT2D eigenvalue weighted by Crippen LogP contribution is -2.24. The number of halogens is 2. The smallest absolute Gasteiger partial charge is 0.263 e. The van der Waals surface area contributed by atoms with Gasteiger partial charge in [-0.3, -0.25) is 14.2 Å². The quantitative estimate of drug-likeness (QED) is 0.414. The van der Waals surface area contributed by atoms with Crippen molar-refractivity contribution >= 4 is 5.65 Å². The number of benzene rings is 1. The highest BCUT2D eigenvalue weighted by molar-refractivity contribution is 5.74. The molecule has 1 fully saturated rings. The largest absolute Gasteiger partial charge is 0.373 e. The zero-order chi connectivity index (χ0) is 25.0. The van der Waals surface area contributed by atoms with Crippen molar-refractivity contribution in [3.8, 4) is 11.3 Å². The van der Waals surface area contributed by atoms with Crippen LogP contribution in [0.2, 0.25) is 0 Å². The fourth-order valence-electron chi connectivity index (χ4n) is 5.16. The Hall–Kier alpha value is -3.56. The number of fused-ring (bicyclic) bond motifs is 2. The van der Waals surface area contributed by atoms with Crippen molar-refractivity contribution in [1.82, 2.24) is 19.4 Å². The Labute approximate surface area is 205 Å². The van der Waals surface area contributed by atoms with Gasteiger partial charge in [0.2, 0.25) is 0 Å². The van der Waals surface area contributed by atoms with Crippen molar-refractivity contribution in [2.75, 3.05) is 6.61 Å². The van der Waals surface area contributed by atoms with Gasteiger partial charge in [0.1, 0.15) is 17.3 Å². The van der Waals surface area contributed by atoms with Gasteiger partial charge in [-0.1, -0.05) is 0 Å². The lowest BCUT2D eigenvalue weighted by Gasteiger charge is -2.30. The number of pyridine rings is 1. The van der Waals surface area contributed by atoms with Crippen molar-refractivity contribution in [2.24, 2.45) is 0 Å². The van der Waals surface area contributed by atoms with Gasteiger partial charge < -0.3 is 9.47 Å². The fourth-order valence-corrected chi connectivity index (χ4v) is 5.16. The van der Waals surface area contributed by atoms with Crippen LogP contribution in [-0.2, 0) is 22.7 Å². The van der Waals surface area contributed by atoms with Gasteiger partial charge in [0.15, 0.2) is 5.65 Å². The molecule has 1 aromatic carbocycles. The van der Waals surface area contributed by atoms with Crippen LogP contribution in [-0.4, -0.2) is 26.0 Å². The molecule has 4 aromatic rings. The molecule has 36 heavy (non-hydrogen) atoms. The summed E-state index contributed by atoms with van der Waals surface area (Å²) in [4.78, 5) is 27.3. The van der Waals surface area contributed by atoms with Crippen LogP contribution in [0.15, 0.2) is 41.3 Å². The van der Waals surface area contributed by atoms with Gasteiger partial charge in [0.05, 0.1) is 36.3 Å². The van der Waals surface area contributed by atoms with Gasteiger partial charge in [-0.2, -0.15) is 0 Å². The third kappa shape index (κ3) is 3.98. The first kappa shape index (κ1) is 22.9. The first-order valence-corrected chi connectivity index (χ1v) is 11.9. The molecule has 1 saturated heterocycles. The molecule has 0 unspecified atom stereocenters. The molecule has 0 N–H and O–H groups in total. The molecule has 0 amide bonds. The number of rotatable bonds is 3. The normalized spacial score (nSPS) is 19.6. The zero-order valence-corrected chi connectivity index (χ0v) is 19.9. The van der Waals surface area contributed by atoms with Crippen molar-refractivity contribution in [3.63, 3.8) is 0 Å². The van der Waals surface area contributed by atoms with Crippen LogP contribution in [0.3, 0.4) is 0 Å². The lowest BCUT2D eigenvalue weighted by atomic mass is 9.89. The molecule has 2 aliphatic rings. The Morgan fingerprint density at radius 3 is 2.61 bits per heavy atom. The summed E-state index contributed by atoms with van der Waals surface area (Å²) >= 11 is 0. The van der Waals surface area contributed by atoms with Crippen molar-refractivity contribution < 1.29 is 18.3 Å². The molecule has 6 rings (SSSR count). The van der Waals surface area contributed by atoms with Crippen LogP contribution >= 0.6 is 0 Å². The summed E-state index contributed by atoms with van der Waals surface area (Å²) in [6.07, 6.45) is 2.88. The summed E-state index contributed by atoms with van der Waals surface area (Å²) in [5.74, 6) is -1.49. The summed E-state index contributed by atoms with van der Waals surface area (Å²) in [6.45, 7) is 4.81. The van der Waals surface area contributed by atoms with Crippen molar-refractivity contribution in [2.45, 2.75) is 51.9 Å². The van der Waals surface area contributed by atoms with Gasteiger partial charge in [0, 0.05) is 41.7 Å². The second kappa shape index (κ2) is 8.83. The first-order chi connectivity index (χ1) is 17.4. The molecule has 0 saturated carbocycles. The zero-order valence-electron chi connectivity index (χ0n) is 19.9. The average Bonchev–Trinajstić information content (AvgIpc) is 3.33. The maximum Gasteiger partial charge on any atom is 0.263 e. The van der Waals surface area contributed by atoms with E-state index in [1.807, 2.05) is 26.0 Å². The van der Waals surface area contributed by atoms with Gasteiger partial charge >= 0.3 is 0 Å². The summed E-state index contributed by atoms with van der Waals surface area (Å²) in [5.41, 5.74) is 4.79. The van der Waals surface area contributed by atoms with E-state index < -0.39 is 11.6 Å². The SMILES string of the molecule is Cc1cc([C@H]2C[C@@H](c3cn4c(=O)c5c(nc4c(-c4ccc(F)cc4F)n3)COC5)CCO2)cc(C)n1. The Balaban J connectivity index is 1.50. The van der Waals surface area contributed by atoms with Gasteiger partial charge in [-0.15, -0.1) is 0 Å². The van der Waals surface area contributed by atoms with E-state index in [2.05, 4.69) is 9.97 Å². The van der Waals surface area contributed by atoms with E-state index >= 15 is 0 Å². The predicted molar refractivity (Wildman–Crippen MR) is 127 cm³/mol. The maximum atomic E-state index is 14.9. The Morgan fingerprint density at radius 2 is 1.83 bits per heavy atom. The van der Waals surface area contributed by atoms with Crippen molar-refractivity contribution in [3.05, 3.63) is 92.4 Å². The molecular weight excluding hydrogens is 466 g/mol. The fraction of sp³-hybridized carbons (Fsp3) is 0.333. The average molecular weight is 491 g/mol. The molecule has 9 heteroatoms. The minimum atomic E-state index is -0.764. The van der Waals surface area contributed by atoms with Gasteiger partial charge in [0.25, 0.3) is 5.56 Å². The molecule has 7 nitrogen and oxygen atoms in total. The molecule has 0 aliphatic carbocycles. The molecule has 184 valence electrons. The van der Waals surface area contributed by atoms with Gasteiger partial charge in [-0.25, -0.2) is 18.7 Å². The molecule has 2 aliphatic heterocycles. The molecule has 5 heterocycles. The van der Waals surface area contributed by atoms with E-state index in [0.717, 1.165) is 23.0 Å². The highest BCUT2D eigenvalue weighted by Gasteiger charge is 2.29. The number of ether oxygens (including phenoxy) is 2. The Morgan fingerprint density at radius 1 is 1.03 bits per heavy atom. The number of hydrogen-bond acceptors (Lipinski definition) is 6. The van der Waals surface area contributed by atoms with E-state index in [-0.39, 0.29) is 47.7 Å². The standard InChI is InChI=1S/C27H24F2N4O3/c1-14-7-17(8-15(2)30-14)24-9-16(5-6-36-24)22-11-33-26(32-23-13-35-12-20(23)27(33)34)25(31-22)19-4-3-18(28)10-21(19)29/h3-4,7-8,10-11,16,24H,5-6,9,12-13H2,1-2H3/t16-,24+/m0/s1. The second-order valence-electron chi connectivity index (χ2n) is 9.43. The number of nitrogens with zero attached hydrogens (tertiary/aromatic N) is 4. The summed E-state index contributed by atoms with van der Waals surface area (Å²) < 4.78 is 41.6. The number of aromatic nitrogens is 4. The Kier molecular flexibility index (Phi) is 5.61. The molecule has 0 radical (unpaired) electrons. The van der Waals surface area contributed by atoms with Crippen LogP contribution in [0.4, 0.5) is 8.78 Å². The maximum absolute atomic E-state index is 14.9. The molecular formula is C27H24F2N4O3. The minimum absolute atomic E-state index is 0.0411. The van der Waals surface area contributed by atoms with E-state index in [1.165, 1.54) is 16.5 Å². The van der Waals surface area contributed by atoms with E-state index in [4.69, 9.17) is 14.5 Å². The van der Waals surface area contributed by atoms with Crippen LogP contribution in [0.1, 0.15) is 58.8 Å². The third-order valence-corrected chi connectivity index (χ3v) is 6.86. The number of aryl methyl sites for hydroxylation is 2. The molecule has 3 aromatic heterocycles. The monoisotopic (exact) mass is 490 g/mol. The second-order valence-corrected chi connectivity index (χ2v) is 9.43. The van der Waals surface area contributed by atoms with Crippen LogP contribution in [0.5, 0.6) is 0 Å². The third-order valence-electron chi connectivity index (χ3n) is 6.86. The van der Waals surface area contributed by atoms with Crippen LogP contribution in [0, 0.1) is 25.5 Å². The van der Waals surface area contributed by atoms with Crippen LogP contribution < -0.4 is 5.56 Å². The minimum Gasteiger partial charge on any atom is -0.373 e. The highest BCUT2D eigenvalue weighted by Crippen LogP contribution is 2.38. The lowest BCUT2D eigenvalue weighted by molar-refractivity contribution is 0.00448. The molecule has 2 atom stereocenters. The van der Waals surface area contributed by atoms with Gasteiger partial charge in [-0.05, 0) is 56.5 Å². The predicted octanol–water partition coefficient (Wildman–Crippen LogP) is 4.71. The molecule has 0 spiro atoms. The Bertz CT molecular complexity index is 1550.